The highest BCUT2D eigenvalue weighted by Crippen LogP contribution is 2.40. The van der Waals surface area contributed by atoms with Crippen LogP contribution in [0.25, 0.3) is 5.70 Å². The van der Waals surface area contributed by atoms with Gasteiger partial charge in [0.15, 0.2) is 0 Å². The molecule has 0 spiro atoms. The molecule has 0 radical (unpaired) electrons. The third kappa shape index (κ3) is 3.16. The summed E-state index contributed by atoms with van der Waals surface area (Å²) in [4.78, 5) is 26.7. The van der Waals surface area contributed by atoms with E-state index in [4.69, 9.17) is 0 Å². The summed E-state index contributed by atoms with van der Waals surface area (Å²) in [6.07, 6.45) is 4.53. The molecule has 1 heterocycles. The van der Waals surface area contributed by atoms with Gasteiger partial charge in [0.25, 0.3) is 5.91 Å². The standard InChI is InChI=1S/C23H24N2O2/c1-17-19-11-5-6-12-20(19)22(27)25(17)15-21(26)24-16-23(13-7-8-14-23)18-9-3-2-4-10-18/h2-6,9-12H,1,7-8,13-16H2,(H,24,26). The second kappa shape index (κ2) is 7.03. The van der Waals surface area contributed by atoms with E-state index in [1.807, 2.05) is 24.3 Å². The zero-order valence-electron chi connectivity index (χ0n) is 15.4. The molecule has 4 heteroatoms. The molecule has 1 N–H and O–H groups in total. The van der Waals surface area contributed by atoms with Gasteiger partial charge in [0.2, 0.25) is 5.91 Å². The molecule has 4 rings (SSSR count). The first-order chi connectivity index (χ1) is 13.1. The topological polar surface area (TPSA) is 49.4 Å². The fourth-order valence-electron chi connectivity index (χ4n) is 4.38. The lowest BCUT2D eigenvalue weighted by molar-refractivity contribution is -0.121. The molecule has 4 nitrogen and oxygen atoms in total. The van der Waals surface area contributed by atoms with Crippen LogP contribution in [0.2, 0.25) is 0 Å². The molecule has 2 amide bonds. The first kappa shape index (κ1) is 17.5. The van der Waals surface area contributed by atoms with Crippen LogP contribution in [0.15, 0.2) is 61.2 Å². The Bertz CT molecular complexity index is 847. The van der Waals surface area contributed by atoms with Crippen molar-refractivity contribution in [3.8, 4) is 0 Å². The molecule has 0 saturated heterocycles. The number of carbonyl (C=O) groups excluding carboxylic acids is 2. The smallest absolute Gasteiger partial charge is 0.259 e. The number of carbonyl (C=O) groups is 2. The zero-order valence-corrected chi connectivity index (χ0v) is 15.4. The second-order valence-corrected chi connectivity index (χ2v) is 7.51. The Hall–Kier alpha value is -2.88. The maximum Gasteiger partial charge on any atom is 0.259 e. The number of nitrogens with one attached hydrogen (secondary N) is 1. The molecule has 1 aliphatic carbocycles. The lowest BCUT2D eigenvalue weighted by atomic mass is 9.79. The van der Waals surface area contributed by atoms with Gasteiger partial charge in [-0.05, 0) is 24.5 Å². The van der Waals surface area contributed by atoms with Crippen LogP contribution in [0.1, 0.15) is 47.2 Å². The molecule has 0 bridgehead atoms. The Kier molecular flexibility index (Phi) is 4.56. The van der Waals surface area contributed by atoms with Crippen LogP contribution in [0.5, 0.6) is 0 Å². The molecule has 138 valence electrons. The first-order valence-electron chi connectivity index (χ1n) is 9.53. The first-order valence-corrected chi connectivity index (χ1v) is 9.53. The van der Waals surface area contributed by atoms with Crippen LogP contribution < -0.4 is 5.32 Å². The Balaban J connectivity index is 1.43. The highest BCUT2D eigenvalue weighted by atomic mass is 16.2. The highest BCUT2D eigenvalue weighted by molar-refractivity contribution is 6.10. The van der Waals surface area contributed by atoms with Gasteiger partial charge in [0.05, 0.1) is 0 Å². The average Bonchev–Trinajstić information content (AvgIpc) is 3.28. The molecule has 1 saturated carbocycles. The van der Waals surface area contributed by atoms with Gasteiger partial charge in [0, 0.05) is 28.8 Å². The number of rotatable bonds is 5. The molecule has 2 aliphatic rings. The Morgan fingerprint density at radius 2 is 1.63 bits per heavy atom. The van der Waals surface area contributed by atoms with Crippen LogP contribution in [-0.4, -0.2) is 29.8 Å². The van der Waals surface area contributed by atoms with Gasteiger partial charge in [-0.1, -0.05) is 68.0 Å². The van der Waals surface area contributed by atoms with Crippen molar-refractivity contribution in [2.24, 2.45) is 0 Å². The molecule has 0 unspecified atom stereocenters. The van der Waals surface area contributed by atoms with E-state index in [9.17, 15) is 9.59 Å². The molecule has 2 aromatic carbocycles. The highest BCUT2D eigenvalue weighted by Gasteiger charge is 2.36. The summed E-state index contributed by atoms with van der Waals surface area (Å²) in [5.74, 6) is -0.288. The van der Waals surface area contributed by atoms with Crippen molar-refractivity contribution in [3.05, 3.63) is 77.9 Å². The Labute approximate surface area is 159 Å². The largest absolute Gasteiger partial charge is 0.354 e. The second-order valence-electron chi connectivity index (χ2n) is 7.51. The summed E-state index contributed by atoms with van der Waals surface area (Å²) in [6, 6.07) is 17.8. The van der Waals surface area contributed by atoms with Gasteiger partial charge in [-0.15, -0.1) is 0 Å². The fraction of sp³-hybridized carbons (Fsp3) is 0.304. The van der Waals surface area contributed by atoms with Crippen LogP contribution >= 0.6 is 0 Å². The van der Waals surface area contributed by atoms with Gasteiger partial charge in [-0.25, -0.2) is 0 Å². The maximum absolute atomic E-state index is 12.6. The molecular formula is C23H24N2O2. The van der Waals surface area contributed by atoms with Gasteiger partial charge in [0.1, 0.15) is 6.54 Å². The van der Waals surface area contributed by atoms with Crippen molar-refractivity contribution >= 4 is 17.5 Å². The average molecular weight is 360 g/mol. The van der Waals surface area contributed by atoms with Crippen molar-refractivity contribution in [2.45, 2.75) is 31.1 Å². The van der Waals surface area contributed by atoms with Gasteiger partial charge < -0.3 is 5.32 Å². The van der Waals surface area contributed by atoms with Crippen molar-refractivity contribution < 1.29 is 9.59 Å². The van der Waals surface area contributed by atoms with E-state index >= 15 is 0 Å². The minimum absolute atomic E-state index is 0.00586. The van der Waals surface area contributed by atoms with Gasteiger partial charge in [-0.2, -0.15) is 0 Å². The maximum atomic E-state index is 12.6. The molecule has 2 aromatic rings. The van der Waals surface area contributed by atoms with E-state index in [-0.39, 0.29) is 23.8 Å². The number of benzene rings is 2. The summed E-state index contributed by atoms with van der Waals surface area (Å²) in [5, 5.41) is 3.08. The van der Waals surface area contributed by atoms with Crippen LogP contribution in [0.3, 0.4) is 0 Å². The van der Waals surface area contributed by atoms with Crippen molar-refractivity contribution in [2.75, 3.05) is 13.1 Å². The van der Waals surface area contributed by atoms with E-state index in [0.717, 1.165) is 18.4 Å². The molecular weight excluding hydrogens is 336 g/mol. The Morgan fingerprint density at radius 1 is 1.00 bits per heavy atom. The summed E-state index contributed by atoms with van der Waals surface area (Å²) in [6.45, 7) is 4.62. The number of hydrogen-bond acceptors (Lipinski definition) is 2. The summed E-state index contributed by atoms with van der Waals surface area (Å²) < 4.78 is 0. The minimum atomic E-state index is -0.149. The van der Waals surface area contributed by atoms with E-state index in [1.54, 1.807) is 6.07 Å². The molecule has 0 aromatic heterocycles. The van der Waals surface area contributed by atoms with E-state index in [2.05, 4.69) is 36.2 Å². The SMILES string of the molecule is C=C1c2ccccc2C(=O)N1CC(=O)NCC1(c2ccccc2)CCCC1. The van der Waals surface area contributed by atoms with Crippen molar-refractivity contribution in [1.82, 2.24) is 10.2 Å². The molecule has 1 aliphatic heterocycles. The number of amides is 2. The predicted octanol–water partition coefficient (Wildman–Crippen LogP) is 3.74. The normalized spacial score (nSPS) is 17.9. The molecule has 0 atom stereocenters. The molecule has 1 fully saturated rings. The summed E-state index contributed by atoms with van der Waals surface area (Å²) in [5.41, 5.74) is 3.33. The summed E-state index contributed by atoms with van der Waals surface area (Å²) in [7, 11) is 0. The van der Waals surface area contributed by atoms with Crippen LogP contribution in [0.4, 0.5) is 0 Å². The summed E-state index contributed by atoms with van der Waals surface area (Å²) >= 11 is 0. The lowest BCUT2D eigenvalue weighted by Gasteiger charge is -2.30. The van der Waals surface area contributed by atoms with E-state index < -0.39 is 0 Å². The van der Waals surface area contributed by atoms with E-state index in [0.29, 0.717) is 17.8 Å². The third-order valence-corrected chi connectivity index (χ3v) is 5.91. The monoisotopic (exact) mass is 360 g/mol. The number of hydrogen-bond donors (Lipinski definition) is 1. The lowest BCUT2D eigenvalue weighted by Crippen LogP contribution is -2.43. The van der Waals surface area contributed by atoms with E-state index in [1.165, 1.54) is 23.3 Å². The Morgan fingerprint density at radius 3 is 2.30 bits per heavy atom. The fourth-order valence-corrected chi connectivity index (χ4v) is 4.38. The number of fused-ring (bicyclic) bond motifs is 1. The minimum Gasteiger partial charge on any atom is -0.354 e. The zero-order chi connectivity index (χ0) is 18.9. The number of nitrogens with zero attached hydrogens (tertiary/aromatic N) is 1. The third-order valence-electron chi connectivity index (χ3n) is 5.91. The van der Waals surface area contributed by atoms with Gasteiger partial charge >= 0.3 is 0 Å². The van der Waals surface area contributed by atoms with Crippen molar-refractivity contribution in [1.29, 1.82) is 0 Å². The quantitative estimate of drug-likeness (QED) is 0.883. The molecule has 27 heavy (non-hydrogen) atoms. The van der Waals surface area contributed by atoms with Gasteiger partial charge in [-0.3, -0.25) is 14.5 Å². The van der Waals surface area contributed by atoms with Crippen LogP contribution in [-0.2, 0) is 10.2 Å². The van der Waals surface area contributed by atoms with Crippen LogP contribution in [0, 0.1) is 0 Å². The predicted molar refractivity (Wildman–Crippen MR) is 106 cm³/mol. The van der Waals surface area contributed by atoms with Crippen molar-refractivity contribution in [3.63, 3.8) is 0 Å².